The maximum Gasteiger partial charge on any atom is 0.540 e. The fourth-order valence-corrected chi connectivity index (χ4v) is 3.94. The minimum atomic E-state index is -2.94. The van der Waals surface area contributed by atoms with Gasteiger partial charge in [-0.15, -0.1) is 0 Å². The molecule has 0 saturated carbocycles. The molecule has 0 aliphatic rings. The maximum absolute atomic E-state index is 11.9. The summed E-state index contributed by atoms with van der Waals surface area (Å²) in [5.74, 6) is -0.371. The van der Waals surface area contributed by atoms with Gasteiger partial charge in [-0.3, -0.25) is 9.78 Å². The summed E-state index contributed by atoms with van der Waals surface area (Å²) in [6.45, 7) is 6.92. The third-order valence-corrected chi connectivity index (χ3v) is 5.24. The lowest BCUT2D eigenvalue weighted by Gasteiger charge is -2.27. The summed E-state index contributed by atoms with van der Waals surface area (Å²) in [6.07, 6.45) is 1.78. The zero-order valence-corrected chi connectivity index (χ0v) is 13.8. The standard InChI is InChI=1S/C14H23NO5Si/c1-4-18-21(19-5-2,20-6-3)12-17-14(16)11-13-9-7-8-10-15-13/h7-10H,4-6,11-12H2,1-3H3. The van der Waals surface area contributed by atoms with Crippen LogP contribution in [0.1, 0.15) is 26.5 Å². The number of carbonyl (C=O) groups excluding carboxylic acids is 1. The molecule has 0 aliphatic heterocycles. The molecule has 6 nitrogen and oxygen atoms in total. The molecule has 0 bridgehead atoms. The van der Waals surface area contributed by atoms with E-state index in [1.165, 1.54) is 0 Å². The molecule has 1 heterocycles. The number of hydrogen-bond donors (Lipinski definition) is 0. The molecule has 0 radical (unpaired) electrons. The third-order valence-electron chi connectivity index (χ3n) is 2.55. The second kappa shape index (κ2) is 9.62. The first-order valence-electron chi connectivity index (χ1n) is 7.13. The van der Waals surface area contributed by atoms with Crippen molar-refractivity contribution in [1.29, 1.82) is 0 Å². The molecular formula is C14H23NO5Si. The Morgan fingerprint density at radius 1 is 1.10 bits per heavy atom. The quantitative estimate of drug-likeness (QED) is 0.484. The van der Waals surface area contributed by atoms with E-state index in [2.05, 4.69) is 4.98 Å². The number of ether oxygens (including phenoxy) is 1. The van der Waals surface area contributed by atoms with Gasteiger partial charge in [-0.2, -0.15) is 0 Å². The summed E-state index contributed by atoms with van der Waals surface area (Å²) < 4.78 is 22.1. The van der Waals surface area contributed by atoms with Crippen LogP contribution in [0.15, 0.2) is 24.4 Å². The minimum absolute atomic E-state index is 0.0220. The highest BCUT2D eigenvalue weighted by Crippen LogP contribution is 2.11. The Bertz CT molecular complexity index is 398. The Labute approximate surface area is 126 Å². The van der Waals surface area contributed by atoms with Gasteiger partial charge in [-0.05, 0) is 32.9 Å². The number of rotatable bonds is 10. The van der Waals surface area contributed by atoms with Crippen LogP contribution in [-0.2, 0) is 29.2 Å². The van der Waals surface area contributed by atoms with Gasteiger partial charge in [-0.1, -0.05) is 6.07 Å². The first kappa shape index (κ1) is 17.8. The van der Waals surface area contributed by atoms with Gasteiger partial charge in [0.05, 0.1) is 12.1 Å². The van der Waals surface area contributed by atoms with E-state index in [1.807, 2.05) is 26.8 Å². The Kier molecular flexibility index (Phi) is 8.14. The highest BCUT2D eigenvalue weighted by Gasteiger charge is 2.42. The van der Waals surface area contributed by atoms with Gasteiger partial charge in [0.2, 0.25) is 0 Å². The fraction of sp³-hybridized carbons (Fsp3) is 0.571. The van der Waals surface area contributed by atoms with Crippen LogP contribution in [0.25, 0.3) is 0 Å². The average Bonchev–Trinajstić information content (AvgIpc) is 2.47. The van der Waals surface area contributed by atoms with Crippen molar-refractivity contribution in [2.24, 2.45) is 0 Å². The number of carbonyl (C=O) groups is 1. The van der Waals surface area contributed by atoms with E-state index < -0.39 is 8.80 Å². The van der Waals surface area contributed by atoms with Crippen molar-refractivity contribution < 1.29 is 22.8 Å². The second-order valence-corrected chi connectivity index (χ2v) is 6.66. The third kappa shape index (κ3) is 6.34. The molecule has 0 amide bonds. The molecular weight excluding hydrogens is 290 g/mol. The Morgan fingerprint density at radius 2 is 1.71 bits per heavy atom. The topological polar surface area (TPSA) is 66.9 Å². The van der Waals surface area contributed by atoms with Gasteiger partial charge in [-0.25, -0.2) is 0 Å². The number of esters is 1. The van der Waals surface area contributed by atoms with Gasteiger partial charge in [0.25, 0.3) is 0 Å². The Morgan fingerprint density at radius 3 is 2.19 bits per heavy atom. The molecule has 0 aromatic carbocycles. The van der Waals surface area contributed by atoms with Crippen LogP contribution in [0.4, 0.5) is 0 Å². The van der Waals surface area contributed by atoms with Gasteiger partial charge in [0.1, 0.15) is 0 Å². The summed E-state index contributed by atoms with van der Waals surface area (Å²) in [4.78, 5) is 16.0. The molecule has 0 spiro atoms. The van der Waals surface area contributed by atoms with Crippen LogP contribution in [0.2, 0.25) is 0 Å². The summed E-state index contributed by atoms with van der Waals surface area (Å²) in [5.41, 5.74) is 0.666. The molecule has 0 saturated heterocycles. The molecule has 0 fully saturated rings. The summed E-state index contributed by atoms with van der Waals surface area (Å²) >= 11 is 0. The van der Waals surface area contributed by atoms with E-state index >= 15 is 0 Å². The lowest BCUT2D eigenvalue weighted by molar-refractivity contribution is -0.143. The van der Waals surface area contributed by atoms with E-state index in [4.69, 9.17) is 18.0 Å². The lowest BCUT2D eigenvalue weighted by Crippen LogP contribution is -2.51. The predicted octanol–water partition coefficient (Wildman–Crippen LogP) is 1.75. The van der Waals surface area contributed by atoms with Crippen LogP contribution in [0, 0.1) is 0 Å². The van der Waals surface area contributed by atoms with Crippen LogP contribution in [0.5, 0.6) is 0 Å². The van der Waals surface area contributed by atoms with Crippen LogP contribution < -0.4 is 0 Å². The molecule has 1 rings (SSSR count). The van der Waals surface area contributed by atoms with E-state index in [9.17, 15) is 4.79 Å². The van der Waals surface area contributed by atoms with Crippen molar-refractivity contribution >= 4 is 14.8 Å². The van der Waals surface area contributed by atoms with Crippen molar-refractivity contribution in [3.63, 3.8) is 0 Å². The van der Waals surface area contributed by atoms with E-state index in [0.717, 1.165) is 0 Å². The van der Waals surface area contributed by atoms with Crippen molar-refractivity contribution in [2.75, 3.05) is 26.1 Å². The predicted molar refractivity (Wildman–Crippen MR) is 79.5 cm³/mol. The molecule has 1 aromatic rings. The molecule has 7 heteroatoms. The Balaban J connectivity index is 2.56. The molecule has 1 aromatic heterocycles. The summed E-state index contributed by atoms with van der Waals surface area (Å²) in [6, 6.07) is 5.40. The number of aromatic nitrogens is 1. The minimum Gasteiger partial charge on any atom is -0.461 e. The zero-order chi connectivity index (χ0) is 15.6. The van der Waals surface area contributed by atoms with Gasteiger partial charge in [0, 0.05) is 26.0 Å². The molecule has 0 aliphatic carbocycles. The number of nitrogens with zero attached hydrogens (tertiary/aromatic N) is 1. The first-order chi connectivity index (χ1) is 10.2. The SMILES string of the molecule is CCO[Si](COC(=O)Cc1ccccn1)(OCC)OCC. The second-order valence-electron chi connectivity index (χ2n) is 4.14. The van der Waals surface area contributed by atoms with Gasteiger partial charge < -0.3 is 18.0 Å². The van der Waals surface area contributed by atoms with E-state index in [0.29, 0.717) is 25.5 Å². The Hall–Kier alpha value is -1.28. The summed E-state index contributed by atoms with van der Waals surface area (Å²) in [5, 5.41) is 0. The monoisotopic (exact) mass is 313 g/mol. The van der Waals surface area contributed by atoms with Crippen molar-refractivity contribution in [3.05, 3.63) is 30.1 Å². The van der Waals surface area contributed by atoms with Gasteiger partial charge in [0.15, 0.2) is 6.23 Å². The number of hydrogen-bond acceptors (Lipinski definition) is 6. The van der Waals surface area contributed by atoms with E-state index in [1.54, 1.807) is 18.3 Å². The molecule has 118 valence electrons. The van der Waals surface area contributed by atoms with Crippen LogP contribution >= 0.6 is 0 Å². The fourth-order valence-electron chi connectivity index (χ4n) is 1.78. The zero-order valence-electron chi connectivity index (χ0n) is 12.8. The van der Waals surface area contributed by atoms with Crippen LogP contribution in [-0.4, -0.2) is 45.8 Å². The largest absolute Gasteiger partial charge is 0.540 e. The van der Waals surface area contributed by atoms with Crippen LogP contribution in [0.3, 0.4) is 0 Å². The maximum atomic E-state index is 11.9. The highest BCUT2D eigenvalue weighted by atomic mass is 28.4. The van der Waals surface area contributed by atoms with E-state index in [-0.39, 0.29) is 18.6 Å². The highest BCUT2D eigenvalue weighted by molar-refractivity contribution is 6.60. The molecule has 0 unspecified atom stereocenters. The smallest absolute Gasteiger partial charge is 0.461 e. The first-order valence-corrected chi connectivity index (χ1v) is 9.06. The number of pyridine rings is 1. The normalized spacial score (nSPS) is 11.4. The van der Waals surface area contributed by atoms with Crippen molar-refractivity contribution in [2.45, 2.75) is 27.2 Å². The summed E-state index contributed by atoms with van der Waals surface area (Å²) in [7, 11) is -2.94. The van der Waals surface area contributed by atoms with Gasteiger partial charge >= 0.3 is 14.8 Å². The molecule has 0 N–H and O–H groups in total. The lowest BCUT2D eigenvalue weighted by atomic mass is 10.3. The van der Waals surface area contributed by atoms with Crippen molar-refractivity contribution in [3.8, 4) is 0 Å². The van der Waals surface area contributed by atoms with Crippen molar-refractivity contribution in [1.82, 2.24) is 4.98 Å². The molecule has 21 heavy (non-hydrogen) atoms. The molecule has 0 atom stereocenters. The average molecular weight is 313 g/mol.